The van der Waals surface area contributed by atoms with Gasteiger partial charge >= 0.3 is 6.09 Å². The van der Waals surface area contributed by atoms with Crippen LogP contribution in [0.1, 0.15) is 50.9 Å². The van der Waals surface area contributed by atoms with Crippen molar-refractivity contribution in [3.05, 3.63) is 101 Å². The Bertz CT molecular complexity index is 1940. The van der Waals surface area contributed by atoms with Crippen molar-refractivity contribution in [2.75, 3.05) is 11.8 Å². The maximum absolute atomic E-state index is 13.5. The van der Waals surface area contributed by atoms with E-state index in [9.17, 15) is 9.18 Å². The third kappa shape index (κ3) is 7.85. The van der Waals surface area contributed by atoms with Gasteiger partial charge in [0.1, 0.15) is 47.4 Å². The first-order chi connectivity index (χ1) is 22.5. The van der Waals surface area contributed by atoms with Gasteiger partial charge in [0.25, 0.3) is 0 Å². The van der Waals surface area contributed by atoms with E-state index in [0.717, 1.165) is 6.92 Å². The van der Waals surface area contributed by atoms with Crippen LogP contribution in [0.3, 0.4) is 0 Å². The van der Waals surface area contributed by atoms with Gasteiger partial charge in [-0.25, -0.2) is 19.2 Å². The lowest BCUT2D eigenvalue weighted by molar-refractivity contribution is 0.0221. The highest BCUT2D eigenvalue weighted by atomic mass is 35.5. The highest BCUT2D eigenvalue weighted by molar-refractivity contribution is 6.32. The van der Waals surface area contributed by atoms with Crippen molar-refractivity contribution in [2.45, 2.75) is 52.8 Å². The summed E-state index contributed by atoms with van der Waals surface area (Å²) < 4.78 is 63.6. The van der Waals surface area contributed by atoms with Crippen molar-refractivity contribution >= 4 is 40.1 Å². The average molecular weight is 621 g/mol. The van der Waals surface area contributed by atoms with Gasteiger partial charge in [0, 0.05) is 28.6 Å². The monoisotopic (exact) mass is 620 g/mol. The molecule has 10 heteroatoms. The van der Waals surface area contributed by atoms with E-state index in [0.29, 0.717) is 55.0 Å². The Morgan fingerprint density at radius 3 is 2.68 bits per heavy atom. The number of halogens is 2. The zero-order chi connectivity index (χ0) is 34.9. The molecule has 228 valence electrons. The molecular formula is C34H34ClFN4O4. The van der Waals surface area contributed by atoms with E-state index in [-0.39, 0.29) is 24.7 Å². The molecule has 0 aliphatic heterocycles. The number of rotatable bonds is 10. The summed E-state index contributed by atoms with van der Waals surface area (Å²) in [4.78, 5) is 22.5. The van der Waals surface area contributed by atoms with Gasteiger partial charge in [0.2, 0.25) is 0 Å². The summed E-state index contributed by atoms with van der Waals surface area (Å²) in [6, 6.07) is 20.0. The Kier molecular flexibility index (Phi) is 7.83. The number of nitrogens with one attached hydrogen (secondary N) is 1. The Morgan fingerprint density at radius 2 is 1.93 bits per heavy atom. The number of furan rings is 1. The highest BCUT2D eigenvalue weighted by Gasteiger charge is 2.23. The number of fused-ring (bicyclic) bond motifs is 1. The topological polar surface area (TPSA) is 89.7 Å². The Hall–Kier alpha value is -4.63. The first-order valence-corrected chi connectivity index (χ1v) is 14.2. The lowest BCUT2D eigenvalue weighted by Crippen LogP contribution is -2.36. The number of ether oxygens (including phenoxy) is 2. The number of amides is 1. The van der Waals surface area contributed by atoms with Crippen LogP contribution in [0.4, 0.5) is 20.7 Å². The second-order valence-electron chi connectivity index (χ2n) is 10.8. The van der Waals surface area contributed by atoms with Gasteiger partial charge < -0.3 is 24.1 Å². The molecule has 0 saturated carbocycles. The lowest BCUT2D eigenvalue weighted by Gasteiger charge is -2.26. The molecule has 0 radical (unpaired) electrons. The van der Waals surface area contributed by atoms with E-state index >= 15 is 0 Å². The fourth-order valence-corrected chi connectivity index (χ4v) is 4.54. The summed E-state index contributed by atoms with van der Waals surface area (Å²) in [5.74, 6) is 1.23. The van der Waals surface area contributed by atoms with E-state index in [4.69, 9.17) is 31.0 Å². The third-order valence-electron chi connectivity index (χ3n) is 6.23. The predicted molar refractivity (Wildman–Crippen MR) is 170 cm³/mol. The molecule has 0 atom stereocenters. The molecule has 3 aromatic carbocycles. The number of nitrogens with zero attached hydrogens (tertiary/aromatic N) is 3. The molecule has 0 aliphatic rings. The molecule has 8 nitrogen and oxygen atoms in total. The maximum Gasteiger partial charge on any atom is 0.410 e. The Morgan fingerprint density at radius 1 is 1.09 bits per heavy atom. The van der Waals surface area contributed by atoms with E-state index in [1.807, 2.05) is 6.07 Å². The van der Waals surface area contributed by atoms with Gasteiger partial charge in [0.05, 0.1) is 17.1 Å². The summed E-state index contributed by atoms with van der Waals surface area (Å²) >= 11 is 6.50. The summed E-state index contributed by atoms with van der Waals surface area (Å²) in [7, 11) is 0. The van der Waals surface area contributed by atoms with E-state index in [1.165, 1.54) is 18.5 Å². The Labute approximate surface area is 266 Å². The second-order valence-corrected chi connectivity index (χ2v) is 11.2. The fourth-order valence-electron chi connectivity index (χ4n) is 4.31. The smallest absolute Gasteiger partial charge is 0.410 e. The molecule has 5 rings (SSSR count). The molecule has 5 aromatic rings. The summed E-state index contributed by atoms with van der Waals surface area (Å²) in [5, 5.41) is 4.28. The molecule has 0 aliphatic carbocycles. The minimum absolute atomic E-state index is 0.151. The van der Waals surface area contributed by atoms with Gasteiger partial charge in [-0.15, -0.1) is 0 Å². The Balaban J connectivity index is 1.36. The molecule has 0 bridgehead atoms. The van der Waals surface area contributed by atoms with Gasteiger partial charge in [-0.3, -0.25) is 0 Å². The lowest BCUT2D eigenvalue weighted by atomic mass is 10.1. The first kappa shape index (κ1) is 25.8. The first-order valence-electron chi connectivity index (χ1n) is 15.8. The number of hydrogen-bond donors (Lipinski definition) is 1. The molecule has 0 spiro atoms. The van der Waals surface area contributed by atoms with Crippen molar-refractivity contribution < 1.29 is 28.6 Å². The van der Waals surface area contributed by atoms with Crippen LogP contribution in [0, 0.1) is 5.82 Å². The highest BCUT2D eigenvalue weighted by Crippen LogP contribution is 2.33. The van der Waals surface area contributed by atoms with Crippen molar-refractivity contribution in [2.24, 2.45) is 0 Å². The second kappa shape index (κ2) is 13.3. The van der Waals surface area contributed by atoms with Crippen LogP contribution >= 0.6 is 11.6 Å². The number of aromatic nitrogens is 2. The molecule has 2 heterocycles. The van der Waals surface area contributed by atoms with E-state index in [2.05, 4.69) is 15.3 Å². The largest absolute Gasteiger partial charge is 0.487 e. The van der Waals surface area contributed by atoms with Crippen LogP contribution in [0.25, 0.3) is 22.2 Å². The zero-order valence-electron chi connectivity index (χ0n) is 28.7. The minimum atomic E-state index is -2.71. The molecule has 44 heavy (non-hydrogen) atoms. The van der Waals surface area contributed by atoms with E-state index < -0.39 is 24.6 Å². The number of anilines is 2. The van der Waals surface area contributed by atoms with Crippen molar-refractivity contribution in [3.63, 3.8) is 0 Å². The van der Waals surface area contributed by atoms with Crippen molar-refractivity contribution in [1.29, 1.82) is 0 Å². The molecule has 2 aromatic heterocycles. The van der Waals surface area contributed by atoms with Crippen LogP contribution in [0.15, 0.2) is 83.5 Å². The van der Waals surface area contributed by atoms with E-state index in [1.54, 1.807) is 75.4 Å². The summed E-state index contributed by atoms with van der Waals surface area (Å²) in [5.41, 5.74) is 1.69. The third-order valence-corrected chi connectivity index (χ3v) is 6.53. The van der Waals surface area contributed by atoms with Crippen LogP contribution in [0.5, 0.6) is 5.75 Å². The number of carbonyl (C=O) groups is 1. The van der Waals surface area contributed by atoms with Gasteiger partial charge in [0.15, 0.2) is 0 Å². The average Bonchev–Trinajstić information content (AvgIpc) is 3.47. The quantitative estimate of drug-likeness (QED) is 0.166. The number of hydrogen-bond acceptors (Lipinski definition) is 7. The van der Waals surface area contributed by atoms with Crippen molar-refractivity contribution in [3.8, 4) is 17.1 Å². The molecular weight excluding hydrogens is 583 g/mol. The molecule has 1 amide bonds. The maximum atomic E-state index is 13.5. The van der Waals surface area contributed by atoms with Crippen LogP contribution < -0.4 is 10.1 Å². The minimum Gasteiger partial charge on any atom is -0.487 e. The number of benzene rings is 3. The van der Waals surface area contributed by atoms with Crippen LogP contribution in [-0.4, -0.2) is 33.1 Å². The predicted octanol–water partition coefficient (Wildman–Crippen LogP) is 9.15. The van der Waals surface area contributed by atoms with Crippen LogP contribution in [-0.2, 0) is 17.9 Å². The van der Waals surface area contributed by atoms with Gasteiger partial charge in [-0.2, -0.15) is 0 Å². The molecule has 1 N–H and O–H groups in total. The fraction of sp³-hybridized carbons (Fsp3) is 0.265. The SMILES string of the molecule is [2H]C([2H])(C)C([2H])([2H])N(Cc1ccc(-c2ccc3ncnc(Nc4ccc(OCc5cccc(F)c5)c(Cl)c4)c3c2)o1)C(=O)OC(C)(C)C. The summed E-state index contributed by atoms with van der Waals surface area (Å²) in [6.07, 6.45) is -1.98. The molecule has 0 saturated heterocycles. The summed E-state index contributed by atoms with van der Waals surface area (Å²) in [6.45, 7) is 3.06. The standard InChI is InChI=1S/C34H34ClFN4O4/c1-5-15-40(33(41)44-34(2,3)4)19-26-11-14-30(43-26)23-9-12-29-27(17-23)32(38-21-37-29)39-25-10-13-31(28(35)18-25)42-20-22-7-6-8-24(36)16-22/h6-14,16-18,21H,5,15,19-20H2,1-4H3,(H,37,38,39)/i5D2,15D2. The zero-order valence-corrected chi connectivity index (χ0v) is 25.4. The number of carbonyl (C=O) groups excluding carboxylic acids is 1. The molecule has 0 fully saturated rings. The van der Waals surface area contributed by atoms with Crippen molar-refractivity contribution in [1.82, 2.24) is 14.9 Å². The normalized spacial score (nSPS) is 13.4. The van der Waals surface area contributed by atoms with Crippen LogP contribution in [0.2, 0.25) is 5.02 Å². The van der Waals surface area contributed by atoms with Gasteiger partial charge in [-0.1, -0.05) is 30.7 Å². The van der Waals surface area contributed by atoms with Gasteiger partial charge in [-0.05, 0) is 93.4 Å². The molecule has 0 unspecified atom stereocenters.